The van der Waals surface area contributed by atoms with Crippen LogP contribution in [0.25, 0.3) is 0 Å². The Balaban J connectivity index is 2.81. The lowest BCUT2D eigenvalue weighted by atomic mass is 10.1. The first kappa shape index (κ1) is 11.5. The summed E-state index contributed by atoms with van der Waals surface area (Å²) in [6.45, 7) is 4.47. The SMILES string of the molecule is Cc1cncc(C)c1N(C)CCC(=O)O. The molecule has 0 bridgehead atoms. The molecular weight excluding hydrogens is 192 g/mol. The van der Waals surface area contributed by atoms with E-state index in [1.807, 2.05) is 25.8 Å². The molecule has 0 aliphatic rings. The minimum absolute atomic E-state index is 0.150. The minimum atomic E-state index is -0.772. The summed E-state index contributed by atoms with van der Waals surface area (Å²) in [5, 5.41) is 8.61. The summed E-state index contributed by atoms with van der Waals surface area (Å²) < 4.78 is 0. The lowest BCUT2D eigenvalue weighted by molar-refractivity contribution is -0.136. The zero-order chi connectivity index (χ0) is 11.4. The van der Waals surface area contributed by atoms with Gasteiger partial charge in [-0.1, -0.05) is 0 Å². The fraction of sp³-hybridized carbons (Fsp3) is 0.455. The molecule has 1 N–H and O–H groups in total. The molecular formula is C11H16N2O2. The number of aliphatic carboxylic acids is 1. The molecule has 0 amide bonds. The molecule has 15 heavy (non-hydrogen) atoms. The summed E-state index contributed by atoms with van der Waals surface area (Å²) in [5.41, 5.74) is 3.22. The molecule has 1 aromatic rings. The first-order valence-electron chi connectivity index (χ1n) is 4.86. The maximum atomic E-state index is 10.5. The highest BCUT2D eigenvalue weighted by Crippen LogP contribution is 2.21. The first-order chi connectivity index (χ1) is 7.02. The third-order valence-corrected chi connectivity index (χ3v) is 2.33. The quantitative estimate of drug-likeness (QED) is 0.816. The van der Waals surface area contributed by atoms with Crippen LogP contribution in [0, 0.1) is 13.8 Å². The lowest BCUT2D eigenvalue weighted by Gasteiger charge is -2.22. The molecule has 1 aromatic heterocycles. The first-order valence-corrected chi connectivity index (χ1v) is 4.86. The Hall–Kier alpha value is -1.58. The highest BCUT2D eigenvalue weighted by atomic mass is 16.4. The number of carbonyl (C=O) groups is 1. The number of carboxylic acid groups (broad SMARTS) is 1. The Labute approximate surface area is 89.6 Å². The summed E-state index contributed by atoms with van der Waals surface area (Å²) in [6.07, 6.45) is 3.73. The number of hydrogen-bond acceptors (Lipinski definition) is 3. The molecule has 0 aliphatic heterocycles. The van der Waals surface area contributed by atoms with Crippen molar-refractivity contribution in [1.29, 1.82) is 0 Å². The molecule has 0 spiro atoms. The maximum Gasteiger partial charge on any atom is 0.305 e. The van der Waals surface area contributed by atoms with Crippen molar-refractivity contribution < 1.29 is 9.90 Å². The van der Waals surface area contributed by atoms with Gasteiger partial charge in [-0.15, -0.1) is 0 Å². The molecule has 0 atom stereocenters. The van der Waals surface area contributed by atoms with Crippen molar-refractivity contribution >= 4 is 11.7 Å². The maximum absolute atomic E-state index is 10.5. The van der Waals surface area contributed by atoms with E-state index in [4.69, 9.17) is 5.11 Å². The average Bonchev–Trinajstić information content (AvgIpc) is 2.14. The van der Waals surface area contributed by atoms with E-state index in [0.29, 0.717) is 6.54 Å². The molecule has 4 heteroatoms. The average molecular weight is 208 g/mol. The molecule has 0 fully saturated rings. The van der Waals surface area contributed by atoms with Gasteiger partial charge in [0.05, 0.1) is 6.42 Å². The van der Waals surface area contributed by atoms with Gasteiger partial charge in [0.15, 0.2) is 0 Å². The third kappa shape index (κ3) is 2.94. The van der Waals surface area contributed by atoms with E-state index < -0.39 is 5.97 Å². The van der Waals surface area contributed by atoms with Crippen molar-refractivity contribution in [2.75, 3.05) is 18.5 Å². The largest absolute Gasteiger partial charge is 0.481 e. The second kappa shape index (κ2) is 4.77. The van der Waals surface area contributed by atoms with Crippen molar-refractivity contribution in [1.82, 2.24) is 4.98 Å². The Bertz CT molecular complexity index is 343. The molecule has 0 saturated carbocycles. The molecule has 0 radical (unpaired) electrons. The number of rotatable bonds is 4. The van der Waals surface area contributed by atoms with Crippen LogP contribution < -0.4 is 4.90 Å². The summed E-state index contributed by atoms with van der Waals surface area (Å²) in [4.78, 5) is 16.5. The molecule has 0 unspecified atom stereocenters. The molecule has 82 valence electrons. The fourth-order valence-corrected chi connectivity index (χ4v) is 1.67. The van der Waals surface area contributed by atoms with Gasteiger partial charge in [0.25, 0.3) is 0 Å². The van der Waals surface area contributed by atoms with Gasteiger partial charge in [-0.05, 0) is 25.0 Å². The number of anilines is 1. The van der Waals surface area contributed by atoms with Gasteiger partial charge in [0, 0.05) is 31.7 Å². The van der Waals surface area contributed by atoms with Gasteiger partial charge in [-0.2, -0.15) is 0 Å². The summed E-state index contributed by atoms with van der Waals surface area (Å²) in [5.74, 6) is -0.772. The van der Waals surface area contributed by atoms with Crippen molar-refractivity contribution in [3.8, 4) is 0 Å². The fourth-order valence-electron chi connectivity index (χ4n) is 1.67. The van der Waals surface area contributed by atoms with Crippen LogP contribution in [0.2, 0.25) is 0 Å². The van der Waals surface area contributed by atoms with Gasteiger partial charge in [-0.3, -0.25) is 9.78 Å². The Morgan fingerprint density at radius 1 is 1.40 bits per heavy atom. The van der Waals surface area contributed by atoms with Crippen LogP contribution in [-0.2, 0) is 4.79 Å². The van der Waals surface area contributed by atoms with E-state index in [1.165, 1.54) is 0 Å². The number of carboxylic acids is 1. The van der Waals surface area contributed by atoms with Crippen LogP contribution >= 0.6 is 0 Å². The van der Waals surface area contributed by atoms with E-state index in [1.54, 1.807) is 12.4 Å². The zero-order valence-electron chi connectivity index (χ0n) is 9.32. The predicted octanol–water partition coefficient (Wildman–Crippen LogP) is 1.61. The van der Waals surface area contributed by atoms with Crippen molar-refractivity contribution in [3.05, 3.63) is 23.5 Å². The Morgan fingerprint density at radius 2 is 1.93 bits per heavy atom. The van der Waals surface area contributed by atoms with E-state index in [9.17, 15) is 4.79 Å². The highest BCUT2D eigenvalue weighted by molar-refractivity contribution is 5.68. The molecule has 0 saturated heterocycles. The summed E-state index contributed by atoms with van der Waals surface area (Å²) in [6, 6.07) is 0. The zero-order valence-corrected chi connectivity index (χ0v) is 9.32. The third-order valence-electron chi connectivity index (χ3n) is 2.33. The number of hydrogen-bond donors (Lipinski definition) is 1. The topological polar surface area (TPSA) is 53.4 Å². The van der Waals surface area contributed by atoms with Gasteiger partial charge < -0.3 is 10.0 Å². The highest BCUT2D eigenvalue weighted by Gasteiger charge is 2.09. The summed E-state index contributed by atoms with van der Waals surface area (Å²) in [7, 11) is 1.90. The molecule has 4 nitrogen and oxygen atoms in total. The smallest absolute Gasteiger partial charge is 0.305 e. The van der Waals surface area contributed by atoms with Gasteiger partial charge in [0.1, 0.15) is 0 Å². The van der Waals surface area contributed by atoms with Crippen LogP contribution in [0.5, 0.6) is 0 Å². The van der Waals surface area contributed by atoms with E-state index >= 15 is 0 Å². The van der Waals surface area contributed by atoms with Crippen LogP contribution in [0.3, 0.4) is 0 Å². The molecule has 0 aliphatic carbocycles. The lowest BCUT2D eigenvalue weighted by Crippen LogP contribution is -2.22. The van der Waals surface area contributed by atoms with Crippen molar-refractivity contribution in [2.45, 2.75) is 20.3 Å². The van der Waals surface area contributed by atoms with Gasteiger partial charge in [0.2, 0.25) is 0 Å². The monoisotopic (exact) mass is 208 g/mol. The van der Waals surface area contributed by atoms with Crippen LogP contribution in [-0.4, -0.2) is 29.7 Å². The normalized spacial score (nSPS) is 10.1. The number of pyridine rings is 1. The standard InChI is InChI=1S/C11H16N2O2/c1-8-6-12-7-9(2)11(8)13(3)5-4-10(14)15/h6-7H,4-5H2,1-3H3,(H,14,15). The number of aromatic nitrogens is 1. The van der Waals surface area contributed by atoms with Crippen LogP contribution in [0.1, 0.15) is 17.5 Å². The van der Waals surface area contributed by atoms with Gasteiger partial charge in [-0.25, -0.2) is 0 Å². The second-order valence-corrected chi connectivity index (χ2v) is 3.69. The van der Waals surface area contributed by atoms with E-state index in [0.717, 1.165) is 16.8 Å². The van der Waals surface area contributed by atoms with Crippen LogP contribution in [0.4, 0.5) is 5.69 Å². The molecule has 1 rings (SSSR count). The Kier molecular flexibility index (Phi) is 3.66. The second-order valence-electron chi connectivity index (χ2n) is 3.69. The summed E-state index contributed by atoms with van der Waals surface area (Å²) >= 11 is 0. The Morgan fingerprint density at radius 3 is 2.40 bits per heavy atom. The van der Waals surface area contributed by atoms with E-state index in [2.05, 4.69) is 4.98 Å². The molecule has 1 heterocycles. The van der Waals surface area contributed by atoms with Crippen LogP contribution in [0.15, 0.2) is 12.4 Å². The van der Waals surface area contributed by atoms with E-state index in [-0.39, 0.29) is 6.42 Å². The number of nitrogens with zero attached hydrogens (tertiary/aromatic N) is 2. The van der Waals surface area contributed by atoms with Gasteiger partial charge >= 0.3 is 5.97 Å². The van der Waals surface area contributed by atoms with Crippen molar-refractivity contribution in [2.24, 2.45) is 0 Å². The van der Waals surface area contributed by atoms with Crippen molar-refractivity contribution in [3.63, 3.8) is 0 Å². The minimum Gasteiger partial charge on any atom is -0.481 e. The molecule has 0 aromatic carbocycles. The predicted molar refractivity (Wildman–Crippen MR) is 59.2 cm³/mol. The number of aryl methyl sites for hydroxylation is 2.